The standard InChI is InChI=1S/C19H17N5O2S2/c1-24-14-8-4-2-6-12(14)20-16(24)10-17(25)22-23-18(26)11-27-19-21-13-7-3-5-9-15(13)28-19/h2-9H,10-11H2,1H3,(H,22,25)(H,23,26). The third-order valence-electron chi connectivity index (χ3n) is 4.14. The van der Waals surface area contributed by atoms with Crippen LogP contribution in [0.2, 0.25) is 0 Å². The molecule has 2 N–H and O–H groups in total. The summed E-state index contributed by atoms with van der Waals surface area (Å²) >= 11 is 2.89. The molecule has 9 heteroatoms. The van der Waals surface area contributed by atoms with Gasteiger partial charge in [-0.3, -0.25) is 20.4 Å². The van der Waals surface area contributed by atoms with Crippen LogP contribution in [0.4, 0.5) is 0 Å². The summed E-state index contributed by atoms with van der Waals surface area (Å²) < 4.78 is 3.78. The van der Waals surface area contributed by atoms with Crippen LogP contribution >= 0.6 is 23.1 Å². The molecule has 142 valence electrons. The van der Waals surface area contributed by atoms with Crippen molar-refractivity contribution in [2.75, 3.05) is 5.75 Å². The van der Waals surface area contributed by atoms with Gasteiger partial charge < -0.3 is 4.57 Å². The van der Waals surface area contributed by atoms with Gasteiger partial charge in [0.05, 0.1) is 33.4 Å². The summed E-state index contributed by atoms with van der Waals surface area (Å²) in [7, 11) is 1.87. The van der Waals surface area contributed by atoms with Gasteiger partial charge in [0.2, 0.25) is 11.8 Å². The number of fused-ring (bicyclic) bond motifs is 2. The van der Waals surface area contributed by atoms with E-state index in [1.807, 2.05) is 60.1 Å². The fourth-order valence-corrected chi connectivity index (χ4v) is 4.63. The number of rotatable bonds is 5. The average Bonchev–Trinajstić information content (AvgIpc) is 3.26. The highest BCUT2D eigenvalue weighted by Gasteiger charge is 2.13. The molecular weight excluding hydrogens is 394 g/mol. The van der Waals surface area contributed by atoms with Gasteiger partial charge in [-0.05, 0) is 24.3 Å². The molecule has 0 saturated heterocycles. The summed E-state index contributed by atoms with van der Waals surface area (Å²) in [5.41, 5.74) is 7.60. The highest BCUT2D eigenvalue weighted by molar-refractivity contribution is 8.01. The van der Waals surface area contributed by atoms with E-state index in [0.717, 1.165) is 25.6 Å². The lowest BCUT2D eigenvalue weighted by Crippen LogP contribution is -2.43. The fraction of sp³-hybridized carbons (Fsp3) is 0.158. The molecule has 0 bridgehead atoms. The molecule has 4 rings (SSSR count). The first-order chi connectivity index (χ1) is 13.6. The Morgan fingerprint density at radius 2 is 1.71 bits per heavy atom. The van der Waals surface area contributed by atoms with Crippen LogP contribution in [0.25, 0.3) is 21.3 Å². The van der Waals surface area contributed by atoms with Crippen LogP contribution in [0.3, 0.4) is 0 Å². The zero-order valence-electron chi connectivity index (χ0n) is 15.0. The summed E-state index contributed by atoms with van der Waals surface area (Å²) in [5.74, 6) is 0.197. The summed E-state index contributed by atoms with van der Waals surface area (Å²) in [6, 6.07) is 15.5. The number of carbonyl (C=O) groups excluding carboxylic acids is 2. The van der Waals surface area contributed by atoms with Crippen molar-refractivity contribution in [1.82, 2.24) is 25.4 Å². The Labute approximate surface area is 169 Å². The predicted molar refractivity (Wildman–Crippen MR) is 111 cm³/mol. The van der Waals surface area contributed by atoms with Gasteiger partial charge in [-0.25, -0.2) is 9.97 Å². The molecule has 0 aliphatic rings. The lowest BCUT2D eigenvalue weighted by Gasteiger charge is -2.07. The smallest absolute Gasteiger partial charge is 0.248 e. The van der Waals surface area contributed by atoms with Crippen molar-refractivity contribution in [3.05, 3.63) is 54.4 Å². The van der Waals surface area contributed by atoms with Crippen LogP contribution < -0.4 is 10.9 Å². The third kappa shape index (κ3) is 4.00. The first-order valence-electron chi connectivity index (χ1n) is 8.56. The molecule has 0 atom stereocenters. The number of amides is 2. The second-order valence-corrected chi connectivity index (χ2v) is 8.34. The second kappa shape index (κ2) is 7.99. The van der Waals surface area contributed by atoms with E-state index in [0.29, 0.717) is 5.82 Å². The van der Waals surface area contributed by atoms with Gasteiger partial charge >= 0.3 is 0 Å². The molecule has 0 saturated carbocycles. The van der Waals surface area contributed by atoms with Crippen LogP contribution in [-0.2, 0) is 23.1 Å². The highest BCUT2D eigenvalue weighted by atomic mass is 32.2. The monoisotopic (exact) mass is 411 g/mol. The number of carbonyl (C=O) groups is 2. The number of para-hydroxylation sites is 3. The van der Waals surface area contributed by atoms with Crippen molar-refractivity contribution < 1.29 is 9.59 Å². The van der Waals surface area contributed by atoms with Crippen molar-refractivity contribution in [2.45, 2.75) is 10.8 Å². The van der Waals surface area contributed by atoms with E-state index in [1.165, 1.54) is 11.8 Å². The SMILES string of the molecule is Cn1c(CC(=O)NNC(=O)CSc2nc3ccccc3s2)nc2ccccc21. The van der Waals surface area contributed by atoms with Gasteiger partial charge in [-0.1, -0.05) is 36.0 Å². The molecule has 0 aliphatic carbocycles. The van der Waals surface area contributed by atoms with E-state index >= 15 is 0 Å². The maximum Gasteiger partial charge on any atom is 0.248 e. The summed E-state index contributed by atoms with van der Waals surface area (Å²) in [6.07, 6.45) is 0.0798. The fourth-order valence-electron chi connectivity index (χ4n) is 2.76. The Morgan fingerprint density at radius 3 is 2.50 bits per heavy atom. The average molecular weight is 412 g/mol. The molecular formula is C19H17N5O2S2. The number of aryl methyl sites for hydroxylation is 1. The number of aromatic nitrogens is 3. The van der Waals surface area contributed by atoms with E-state index in [2.05, 4.69) is 20.8 Å². The second-order valence-electron chi connectivity index (χ2n) is 6.09. The summed E-state index contributed by atoms with van der Waals surface area (Å²) in [4.78, 5) is 33.1. The number of nitrogens with zero attached hydrogens (tertiary/aromatic N) is 3. The molecule has 0 aliphatic heterocycles. The Hall–Kier alpha value is -2.91. The Kier molecular flexibility index (Phi) is 5.27. The van der Waals surface area contributed by atoms with Gasteiger partial charge in [0.15, 0.2) is 4.34 Å². The van der Waals surface area contributed by atoms with Gasteiger partial charge in [0.1, 0.15) is 5.82 Å². The molecule has 0 spiro atoms. The number of imidazole rings is 1. The highest BCUT2D eigenvalue weighted by Crippen LogP contribution is 2.28. The first kappa shape index (κ1) is 18.5. The molecule has 2 heterocycles. The Morgan fingerprint density at radius 1 is 1.00 bits per heavy atom. The Bertz CT molecular complexity index is 1130. The largest absolute Gasteiger partial charge is 0.331 e. The van der Waals surface area contributed by atoms with E-state index in [4.69, 9.17) is 0 Å². The van der Waals surface area contributed by atoms with E-state index in [-0.39, 0.29) is 24.0 Å². The molecule has 2 aromatic heterocycles. The van der Waals surface area contributed by atoms with Crippen LogP contribution in [0.5, 0.6) is 0 Å². The quantitative estimate of drug-likeness (QED) is 0.389. The number of hydrogen-bond acceptors (Lipinski definition) is 6. The van der Waals surface area contributed by atoms with E-state index in [1.54, 1.807) is 11.3 Å². The topological polar surface area (TPSA) is 88.9 Å². The van der Waals surface area contributed by atoms with Gasteiger partial charge in [-0.15, -0.1) is 11.3 Å². The predicted octanol–water partition coefficient (Wildman–Crippen LogP) is 2.67. The van der Waals surface area contributed by atoms with Crippen LogP contribution in [0.15, 0.2) is 52.9 Å². The molecule has 0 fully saturated rings. The molecule has 2 amide bonds. The number of hydrazine groups is 1. The summed E-state index contributed by atoms with van der Waals surface area (Å²) in [6.45, 7) is 0. The minimum absolute atomic E-state index is 0.0798. The molecule has 2 aromatic carbocycles. The third-order valence-corrected chi connectivity index (χ3v) is 6.32. The van der Waals surface area contributed by atoms with Crippen LogP contribution in [0.1, 0.15) is 5.82 Å². The molecule has 28 heavy (non-hydrogen) atoms. The van der Waals surface area contributed by atoms with E-state index in [9.17, 15) is 9.59 Å². The molecule has 7 nitrogen and oxygen atoms in total. The molecule has 0 radical (unpaired) electrons. The van der Waals surface area contributed by atoms with Crippen molar-refractivity contribution in [1.29, 1.82) is 0 Å². The van der Waals surface area contributed by atoms with Gasteiger partial charge in [0.25, 0.3) is 0 Å². The summed E-state index contributed by atoms with van der Waals surface area (Å²) in [5, 5.41) is 0. The maximum atomic E-state index is 12.1. The number of benzene rings is 2. The van der Waals surface area contributed by atoms with Crippen molar-refractivity contribution in [3.63, 3.8) is 0 Å². The zero-order valence-corrected chi connectivity index (χ0v) is 16.6. The van der Waals surface area contributed by atoms with Crippen molar-refractivity contribution >= 4 is 56.2 Å². The minimum atomic E-state index is -0.322. The number of thiazole rings is 1. The normalized spacial score (nSPS) is 11.0. The maximum absolute atomic E-state index is 12.1. The van der Waals surface area contributed by atoms with Crippen LogP contribution in [-0.4, -0.2) is 32.1 Å². The zero-order chi connectivity index (χ0) is 19.5. The van der Waals surface area contributed by atoms with Crippen molar-refractivity contribution in [3.8, 4) is 0 Å². The van der Waals surface area contributed by atoms with Gasteiger partial charge in [-0.2, -0.15) is 0 Å². The van der Waals surface area contributed by atoms with Crippen molar-refractivity contribution in [2.24, 2.45) is 7.05 Å². The van der Waals surface area contributed by atoms with Crippen LogP contribution in [0, 0.1) is 0 Å². The minimum Gasteiger partial charge on any atom is -0.331 e. The van der Waals surface area contributed by atoms with Gasteiger partial charge in [0, 0.05) is 7.05 Å². The number of nitrogens with one attached hydrogen (secondary N) is 2. The lowest BCUT2D eigenvalue weighted by molar-refractivity contribution is -0.127. The molecule has 0 unspecified atom stereocenters. The Balaban J connectivity index is 1.28. The number of hydrogen-bond donors (Lipinski definition) is 2. The first-order valence-corrected chi connectivity index (χ1v) is 10.4. The van der Waals surface area contributed by atoms with E-state index < -0.39 is 0 Å². The number of thioether (sulfide) groups is 1. The lowest BCUT2D eigenvalue weighted by atomic mass is 10.3. The molecule has 4 aromatic rings.